The number of aliphatic imine (C=N–C) groups is 1. The summed E-state index contributed by atoms with van der Waals surface area (Å²) in [5, 5.41) is 6.99. The Morgan fingerprint density at radius 3 is 2.74 bits per heavy atom. The normalized spacial score (nSPS) is 22.5. The molecule has 1 unspecified atom stereocenters. The predicted molar refractivity (Wildman–Crippen MR) is 126 cm³/mol. The van der Waals surface area contributed by atoms with Crippen LogP contribution in [0.5, 0.6) is 0 Å². The molecule has 2 fully saturated rings. The number of nitrogens with zero attached hydrogens (tertiary/aromatic N) is 3. The average Bonchev–Trinajstić information content (AvgIpc) is 3.47. The van der Waals surface area contributed by atoms with Gasteiger partial charge in [0.05, 0.1) is 0 Å². The number of hydrogen-bond acceptors (Lipinski definition) is 3. The molecule has 31 heavy (non-hydrogen) atoms. The van der Waals surface area contributed by atoms with E-state index in [0.29, 0.717) is 12.5 Å². The number of carbonyl (C=O) groups is 1. The number of carbonyl (C=O) groups excluding carboxylic acids is 1. The summed E-state index contributed by atoms with van der Waals surface area (Å²) in [5.74, 6) is 2.05. The highest BCUT2D eigenvalue weighted by molar-refractivity contribution is 5.80. The molecule has 0 spiro atoms. The summed E-state index contributed by atoms with van der Waals surface area (Å²) < 4.78 is 0. The van der Waals surface area contributed by atoms with Gasteiger partial charge in [0, 0.05) is 58.8 Å². The van der Waals surface area contributed by atoms with Crippen LogP contribution in [0.2, 0.25) is 0 Å². The smallest absolute Gasteiger partial charge is 0.222 e. The molecule has 3 aliphatic rings. The zero-order valence-electron chi connectivity index (χ0n) is 19.1. The first-order chi connectivity index (χ1) is 15.2. The predicted octanol–water partition coefficient (Wildman–Crippen LogP) is 2.78. The standard InChI is InChI=1S/C25H39N5O/c1-26-25(28-23-13-15-29(19-23)17-20-7-2-3-8-20)27-14-6-11-24(31)30-16-12-21-9-4-5-10-22(21)18-30/h4-5,9-10,20,23H,2-3,6-8,11-19H2,1H3,(H2,26,27,28). The van der Waals surface area contributed by atoms with Gasteiger partial charge >= 0.3 is 0 Å². The fourth-order valence-corrected chi connectivity index (χ4v) is 5.38. The van der Waals surface area contributed by atoms with Crippen LogP contribution in [0.15, 0.2) is 29.3 Å². The lowest BCUT2D eigenvalue weighted by molar-refractivity contribution is -0.132. The summed E-state index contributed by atoms with van der Waals surface area (Å²) in [7, 11) is 1.83. The van der Waals surface area contributed by atoms with E-state index in [0.717, 1.165) is 50.9 Å². The van der Waals surface area contributed by atoms with E-state index in [-0.39, 0.29) is 5.91 Å². The van der Waals surface area contributed by atoms with Crippen LogP contribution in [-0.4, -0.2) is 67.5 Å². The molecule has 4 rings (SSSR count). The topological polar surface area (TPSA) is 60.0 Å². The van der Waals surface area contributed by atoms with Gasteiger partial charge in [-0.2, -0.15) is 0 Å². The summed E-state index contributed by atoms with van der Waals surface area (Å²) in [6.07, 6.45) is 9.24. The van der Waals surface area contributed by atoms with E-state index in [9.17, 15) is 4.79 Å². The van der Waals surface area contributed by atoms with Crippen molar-refractivity contribution in [3.63, 3.8) is 0 Å². The molecule has 0 radical (unpaired) electrons. The highest BCUT2D eigenvalue weighted by Crippen LogP contribution is 2.26. The fourth-order valence-electron chi connectivity index (χ4n) is 5.38. The van der Waals surface area contributed by atoms with E-state index in [1.165, 1.54) is 56.3 Å². The highest BCUT2D eigenvalue weighted by atomic mass is 16.2. The second-order valence-electron chi connectivity index (χ2n) is 9.48. The van der Waals surface area contributed by atoms with Crippen molar-refractivity contribution in [3.8, 4) is 0 Å². The first kappa shape index (κ1) is 22.1. The molecule has 6 heteroatoms. The Bertz CT molecular complexity index is 758. The van der Waals surface area contributed by atoms with Gasteiger partial charge in [-0.1, -0.05) is 37.1 Å². The van der Waals surface area contributed by atoms with Crippen LogP contribution >= 0.6 is 0 Å². The van der Waals surface area contributed by atoms with E-state index in [2.05, 4.69) is 44.8 Å². The van der Waals surface area contributed by atoms with Crippen LogP contribution in [-0.2, 0) is 17.8 Å². The molecule has 1 aromatic rings. The van der Waals surface area contributed by atoms with Gasteiger partial charge in [-0.15, -0.1) is 0 Å². The molecule has 1 aliphatic carbocycles. The maximum Gasteiger partial charge on any atom is 0.222 e. The summed E-state index contributed by atoms with van der Waals surface area (Å²) in [5.41, 5.74) is 2.68. The molecule has 2 N–H and O–H groups in total. The minimum absolute atomic E-state index is 0.262. The van der Waals surface area contributed by atoms with Crippen molar-refractivity contribution in [2.45, 2.75) is 64.0 Å². The fraction of sp³-hybridized carbons (Fsp3) is 0.680. The second-order valence-corrected chi connectivity index (χ2v) is 9.48. The molecule has 1 saturated heterocycles. The van der Waals surface area contributed by atoms with Gasteiger partial charge in [0.15, 0.2) is 5.96 Å². The zero-order chi connectivity index (χ0) is 21.5. The molecule has 1 atom stereocenters. The van der Waals surface area contributed by atoms with Crippen molar-refractivity contribution in [3.05, 3.63) is 35.4 Å². The molecule has 1 aromatic carbocycles. The number of benzene rings is 1. The minimum atomic E-state index is 0.262. The van der Waals surface area contributed by atoms with Crippen molar-refractivity contribution in [1.82, 2.24) is 20.4 Å². The van der Waals surface area contributed by atoms with Gasteiger partial charge in [0.25, 0.3) is 0 Å². The molecule has 1 saturated carbocycles. The Morgan fingerprint density at radius 2 is 1.94 bits per heavy atom. The number of hydrogen-bond donors (Lipinski definition) is 2. The third kappa shape index (κ3) is 6.22. The largest absolute Gasteiger partial charge is 0.356 e. The second kappa shape index (κ2) is 11.0. The Labute approximate surface area is 187 Å². The first-order valence-corrected chi connectivity index (χ1v) is 12.3. The number of guanidine groups is 1. The summed E-state index contributed by atoms with van der Waals surface area (Å²) in [6.45, 7) is 5.95. The number of rotatable bonds is 7. The van der Waals surface area contributed by atoms with Crippen LogP contribution in [0.25, 0.3) is 0 Å². The lowest BCUT2D eigenvalue weighted by Gasteiger charge is -2.29. The molecule has 0 aromatic heterocycles. The quantitative estimate of drug-likeness (QED) is 0.401. The molecular formula is C25H39N5O. The summed E-state index contributed by atoms with van der Waals surface area (Å²) in [4.78, 5) is 21.6. The number of nitrogens with one attached hydrogen (secondary N) is 2. The van der Waals surface area contributed by atoms with Crippen LogP contribution in [0.1, 0.15) is 56.1 Å². The number of amides is 1. The van der Waals surface area contributed by atoms with Crippen LogP contribution in [0.4, 0.5) is 0 Å². The van der Waals surface area contributed by atoms with Crippen molar-refractivity contribution in [1.29, 1.82) is 0 Å². The summed E-state index contributed by atoms with van der Waals surface area (Å²) >= 11 is 0. The summed E-state index contributed by atoms with van der Waals surface area (Å²) in [6, 6.07) is 8.94. The lowest BCUT2D eigenvalue weighted by Crippen LogP contribution is -2.45. The number of likely N-dealkylation sites (tertiary alicyclic amines) is 1. The third-order valence-corrected chi connectivity index (χ3v) is 7.17. The van der Waals surface area contributed by atoms with Crippen LogP contribution in [0, 0.1) is 5.92 Å². The Balaban J connectivity index is 1.12. The van der Waals surface area contributed by atoms with Gasteiger partial charge in [0.2, 0.25) is 5.91 Å². The number of fused-ring (bicyclic) bond motifs is 1. The molecule has 0 bridgehead atoms. The Morgan fingerprint density at radius 1 is 1.13 bits per heavy atom. The Kier molecular flexibility index (Phi) is 7.84. The Hall–Kier alpha value is -2.08. The zero-order valence-corrected chi connectivity index (χ0v) is 19.1. The van der Waals surface area contributed by atoms with Gasteiger partial charge in [-0.25, -0.2) is 0 Å². The molecular weight excluding hydrogens is 386 g/mol. The van der Waals surface area contributed by atoms with E-state index >= 15 is 0 Å². The molecule has 1 amide bonds. The van der Waals surface area contributed by atoms with E-state index < -0.39 is 0 Å². The van der Waals surface area contributed by atoms with Gasteiger partial charge in [0.1, 0.15) is 0 Å². The van der Waals surface area contributed by atoms with E-state index in [1.807, 2.05) is 11.9 Å². The van der Waals surface area contributed by atoms with Crippen molar-refractivity contribution in [2.75, 3.05) is 39.8 Å². The van der Waals surface area contributed by atoms with E-state index in [1.54, 1.807) is 0 Å². The molecule has 2 heterocycles. The van der Waals surface area contributed by atoms with Gasteiger partial charge in [-0.05, 0) is 49.1 Å². The van der Waals surface area contributed by atoms with Crippen molar-refractivity contribution in [2.24, 2.45) is 10.9 Å². The maximum atomic E-state index is 12.6. The van der Waals surface area contributed by atoms with Crippen molar-refractivity contribution < 1.29 is 4.79 Å². The lowest BCUT2D eigenvalue weighted by atomic mass is 9.99. The third-order valence-electron chi connectivity index (χ3n) is 7.17. The molecule has 2 aliphatic heterocycles. The van der Waals surface area contributed by atoms with Crippen LogP contribution in [0.3, 0.4) is 0 Å². The SMILES string of the molecule is CN=C(NCCCC(=O)N1CCc2ccccc2C1)NC1CCN(CC2CCCC2)C1. The van der Waals surface area contributed by atoms with E-state index in [4.69, 9.17) is 0 Å². The van der Waals surface area contributed by atoms with Gasteiger partial charge in [-0.3, -0.25) is 9.79 Å². The van der Waals surface area contributed by atoms with Crippen LogP contribution < -0.4 is 10.6 Å². The molecule has 170 valence electrons. The highest BCUT2D eigenvalue weighted by Gasteiger charge is 2.26. The monoisotopic (exact) mass is 425 g/mol. The van der Waals surface area contributed by atoms with Crippen molar-refractivity contribution >= 4 is 11.9 Å². The molecule has 6 nitrogen and oxygen atoms in total. The van der Waals surface area contributed by atoms with Gasteiger partial charge < -0.3 is 20.4 Å². The maximum absolute atomic E-state index is 12.6. The minimum Gasteiger partial charge on any atom is -0.356 e. The first-order valence-electron chi connectivity index (χ1n) is 12.3. The average molecular weight is 426 g/mol.